The molecule has 1 aromatic carbocycles. The van der Waals surface area contributed by atoms with E-state index in [9.17, 15) is 5.11 Å². The molecule has 0 spiro atoms. The topological polar surface area (TPSA) is 91.1 Å². The van der Waals surface area contributed by atoms with Gasteiger partial charge < -0.3 is 20.3 Å². The van der Waals surface area contributed by atoms with E-state index in [1.54, 1.807) is 6.20 Å². The average Bonchev–Trinajstić information content (AvgIpc) is 3.36. The highest BCUT2D eigenvalue weighted by Gasteiger charge is 2.19. The Morgan fingerprint density at radius 2 is 1.94 bits per heavy atom. The second-order valence-electron chi connectivity index (χ2n) is 9.90. The Bertz CT molecular complexity index is 1330. The van der Waals surface area contributed by atoms with Crippen LogP contribution in [0.1, 0.15) is 30.0 Å². The fourth-order valence-corrected chi connectivity index (χ4v) is 5.42. The van der Waals surface area contributed by atoms with E-state index in [1.807, 2.05) is 18.3 Å². The Morgan fingerprint density at radius 1 is 1.08 bits per heavy atom. The van der Waals surface area contributed by atoms with Gasteiger partial charge in [-0.3, -0.25) is 4.90 Å². The first-order chi connectivity index (χ1) is 17.7. The molecule has 186 valence electrons. The lowest BCUT2D eigenvalue weighted by atomic mass is 10.00. The Labute approximate surface area is 211 Å². The van der Waals surface area contributed by atoms with Gasteiger partial charge in [-0.1, -0.05) is 24.3 Å². The van der Waals surface area contributed by atoms with Crippen molar-refractivity contribution >= 4 is 16.9 Å². The quantitative estimate of drug-likeness (QED) is 0.372. The molecule has 8 heteroatoms. The van der Waals surface area contributed by atoms with Gasteiger partial charge in [0.1, 0.15) is 11.5 Å². The molecular weight excluding hydrogens is 450 g/mol. The molecule has 3 aromatic heterocycles. The molecule has 0 bridgehead atoms. The first-order valence-electron chi connectivity index (χ1n) is 12.9. The van der Waals surface area contributed by atoms with Crippen LogP contribution in [0.5, 0.6) is 0 Å². The van der Waals surface area contributed by atoms with Crippen LogP contribution in [-0.2, 0) is 13.0 Å². The van der Waals surface area contributed by atoms with Crippen molar-refractivity contribution in [2.45, 2.75) is 38.0 Å². The fraction of sp³-hybridized carbons (Fsp3) is 0.393. The number of hydrogen-bond acceptors (Lipinski definition) is 7. The molecule has 1 unspecified atom stereocenters. The molecule has 3 N–H and O–H groups in total. The third-order valence-electron chi connectivity index (χ3n) is 7.37. The zero-order valence-corrected chi connectivity index (χ0v) is 20.5. The summed E-state index contributed by atoms with van der Waals surface area (Å²) in [7, 11) is 0. The van der Waals surface area contributed by atoms with Crippen LogP contribution in [0.2, 0.25) is 0 Å². The molecule has 2 aliphatic rings. The number of hydrogen-bond donors (Lipinski definition) is 3. The number of pyridine rings is 1. The largest absolute Gasteiger partial charge is 0.390 e. The molecule has 8 nitrogen and oxygen atoms in total. The minimum atomic E-state index is -0.485. The second-order valence-corrected chi connectivity index (χ2v) is 9.90. The van der Waals surface area contributed by atoms with E-state index in [2.05, 4.69) is 66.6 Å². The smallest absolute Gasteiger partial charge is 0.161 e. The van der Waals surface area contributed by atoms with E-state index < -0.39 is 6.10 Å². The SMILES string of the molecule is OC(CNc1cc(-c2ncc3ccn(C4CCNCC4)c3n2)ccn1)CN1CCc2ccccc2C1. The number of fused-ring (bicyclic) bond motifs is 2. The van der Waals surface area contributed by atoms with Gasteiger partial charge in [-0.15, -0.1) is 0 Å². The number of piperidine rings is 1. The number of aliphatic hydroxyl groups is 1. The molecule has 1 saturated heterocycles. The molecule has 6 rings (SSSR count). The zero-order chi connectivity index (χ0) is 24.3. The summed E-state index contributed by atoms with van der Waals surface area (Å²) in [6.45, 7) is 5.01. The van der Waals surface area contributed by atoms with Crippen molar-refractivity contribution in [3.8, 4) is 11.4 Å². The summed E-state index contributed by atoms with van der Waals surface area (Å²) in [5.74, 6) is 1.40. The second kappa shape index (κ2) is 10.3. The van der Waals surface area contributed by atoms with E-state index in [4.69, 9.17) is 4.98 Å². The van der Waals surface area contributed by atoms with Crippen molar-refractivity contribution in [3.63, 3.8) is 0 Å². The number of aliphatic hydroxyl groups excluding tert-OH is 1. The molecule has 2 aliphatic heterocycles. The first-order valence-corrected chi connectivity index (χ1v) is 12.9. The summed E-state index contributed by atoms with van der Waals surface area (Å²) in [5, 5.41) is 18.5. The van der Waals surface area contributed by atoms with Crippen LogP contribution < -0.4 is 10.6 Å². The predicted octanol–water partition coefficient (Wildman–Crippen LogP) is 3.25. The molecule has 1 atom stereocenters. The van der Waals surface area contributed by atoms with Crippen LogP contribution in [0.15, 0.2) is 61.1 Å². The summed E-state index contributed by atoms with van der Waals surface area (Å²) < 4.78 is 2.30. The molecular formula is C28H33N7O. The van der Waals surface area contributed by atoms with Crippen molar-refractivity contribution in [1.82, 2.24) is 29.7 Å². The molecule has 5 heterocycles. The third kappa shape index (κ3) is 4.97. The molecule has 36 heavy (non-hydrogen) atoms. The van der Waals surface area contributed by atoms with Crippen LogP contribution in [0.4, 0.5) is 5.82 Å². The Hall–Kier alpha value is -3.33. The molecule has 0 radical (unpaired) electrons. The van der Waals surface area contributed by atoms with E-state index in [0.717, 1.165) is 62.0 Å². The van der Waals surface area contributed by atoms with Crippen LogP contribution in [-0.4, -0.2) is 68.4 Å². The first kappa shape index (κ1) is 23.1. The average molecular weight is 484 g/mol. The number of anilines is 1. The maximum Gasteiger partial charge on any atom is 0.161 e. The molecule has 0 aliphatic carbocycles. The van der Waals surface area contributed by atoms with Gasteiger partial charge in [-0.25, -0.2) is 15.0 Å². The van der Waals surface area contributed by atoms with Gasteiger partial charge in [-0.05, 0) is 61.7 Å². The Balaban J connectivity index is 1.11. The highest BCUT2D eigenvalue weighted by atomic mass is 16.3. The minimum absolute atomic E-state index is 0.438. The summed E-state index contributed by atoms with van der Waals surface area (Å²) >= 11 is 0. The summed E-state index contributed by atoms with van der Waals surface area (Å²) in [6.07, 6.45) is 8.58. The predicted molar refractivity (Wildman–Crippen MR) is 142 cm³/mol. The highest BCUT2D eigenvalue weighted by Crippen LogP contribution is 2.26. The van der Waals surface area contributed by atoms with Crippen LogP contribution in [0, 0.1) is 0 Å². The minimum Gasteiger partial charge on any atom is -0.390 e. The number of benzene rings is 1. The fourth-order valence-electron chi connectivity index (χ4n) is 5.42. The summed E-state index contributed by atoms with van der Waals surface area (Å²) in [6, 6.07) is 15.0. The number of aromatic nitrogens is 4. The molecule has 4 aromatic rings. The molecule has 0 saturated carbocycles. The Morgan fingerprint density at radius 3 is 2.83 bits per heavy atom. The number of nitrogens with zero attached hydrogens (tertiary/aromatic N) is 5. The lowest BCUT2D eigenvalue weighted by Gasteiger charge is -2.30. The van der Waals surface area contributed by atoms with Crippen molar-refractivity contribution in [3.05, 3.63) is 72.2 Å². The number of rotatable bonds is 7. The van der Waals surface area contributed by atoms with Gasteiger partial charge in [0.15, 0.2) is 5.82 Å². The van der Waals surface area contributed by atoms with Gasteiger partial charge in [-0.2, -0.15) is 0 Å². The van der Waals surface area contributed by atoms with Crippen molar-refractivity contribution in [2.24, 2.45) is 0 Å². The van der Waals surface area contributed by atoms with Gasteiger partial charge >= 0.3 is 0 Å². The van der Waals surface area contributed by atoms with Crippen LogP contribution in [0.3, 0.4) is 0 Å². The lowest BCUT2D eigenvalue weighted by molar-refractivity contribution is 0.114. The van der Waals surface area contributed by atoms with Crippen LogP contribution in [0.25, 0.3) is 22.4 Å². The molecule has 1 fully saturated rings. The zero-order valence-electron chi connectivity index (χ0n) is 20.5. The molecule has 0 amide bonds. The van der Waals surface area contributed by atoms with Crippen molar-refractivity contribution < 1.29 is 5.11 Å². The van der Waals surface area contributed by atoms with Gasteiger partial charge in [0.25, 0.3) is 0 Å². The lowest BCUT2D eigenvalue weighted by Crippen LogP contribution is -2.39. The van der Waals surface area contributed by atoms with Gasteiger partial charge in [0, 0.05) is 61.8 Å². The van der Waals surface area contributed by atoms with Crippen molar-refractivity contribution in [1.29, 1.82) is 0 Å². The van der Waals surface area contributed by atoms with Gasteiger partial charge in [0.05, 0.1) is 6.10 Å². The summed E-state index contributed by atoms with van der Waals surface area (Å²) in [4.78, 5) is 16.3. The number of nitrogens with one attached hydrogen (secondary N) is 2. The maximum absolute atomic E-state index is 10.7. The standard InChI is InChI=1S/C28H33N7O/c36-25(19-34-13-8-20-3-1-2-4-23(20)18-34)17-31-26-15-21(5-12-30-26)27-32-16-22-9-14-35(28(22)33-27)24-6-10-29-11-7-24/h1-5,9,12,14-16,24-25,29,36H,6-8,10-11,13,17-19H2,(H,30,31). The van der Waals surface area contributed by atoms with E-state index in [-0.39, 0.29) is 0 Å². The van der Waals surface area contributed by atoms with Crippen molar-refractivity contribution in [2.75, 3.05) is 38.0 Å². The summed E-state index contributed by atoms with van der Waals surface area (Å²) in [5.41, 5.74) is 4.68. The van der Waals surface area contributed by atoms with Gasteiger partial charge in [0.2, 0.25) is 0 Å². The normalized spacial score (nSPS) is 17.7. The van der Waals surface area contributed by atoms with E-state index in [1.165, 1.54) is 11.1 Å². The number of β-amino-alcohol motifs (C(OH)–C–C–N with tert-alkyl or cyclic N) is 1. The Kier molecular flexibility index (Phi) is 6.63. The van der Waals surface area contributed by atoms with E-state index in [0.29, 0.717) is 30.8 Å². The monoisotopic (exact) mass is 483 g/mol. The third-order valence-corrected chi connectivity index (χ3v) is 7.37. The van der Waals surface area contributed by atoms with Crippen LogP contribution >= 0.6 is 0 Å². The van der Waals surface area contributed by atoms with E-state index >= 15 is 0 Å². The maximum atomic E-state index is 10.7. The highest BCUT2D eigenvalue weighted by molar-refractivity contribution is 5.77.